The average Bonchev–Trinajstić information content (AvgIpc) is 3.28. The van der Waals surface area contributed by atoms with Crippen molar-refractivity contribution in [1.29, 1.82) is 0 Å². The minimum Gasteiger partial charge on any atom is -0.457 e. The molecule has 0 aliphatic heterocycles. The molecule has 0 fully saturated rings. The van der Waals surface area contributed by atoms with E-state index in [2.05, 4.69) is 17.3 Å². The molecule has 0 bridgehead atoms. The second-order valence-electron chi connectivity index (χ2n) is 9.37. The minimum absolute atomic E-state index is 0.0455. The molecular formula is C31H21ClF4N2O. The fraction of sp³-hybridized carbons (Fsp3) is 0.129. The molecule has 6 rings (SSSR count). The van der Waals surface area contributed by atoms with Crippen molar-refractivity contribution in [3.63, 3.8) is 0 Å². The molecule has 0 amide bonds. The highest BCUT2D eigenvalue weighted by molar-refractivity contribution is 6.31. The Kier molecular flexibility index (Phi) is 6.39. The van der Waals surface area contributed by atoms with Crippen LogP contribution >= 0.6 is 11.6 Å². The van der Waals surface area contributed by atoms with Crippen LogP contribution in [0, 0.1) is 5.82 Å². The van der Waals surface area contributed by atoms with E-state index in [0.29, 0.717) is 33.7 Å². The zero-order chi connectivity index (χ0) is 27.1. The van der Waals surface area contributed by atoms with Crippen LogP contribution in [0.1, 0.15) is 28.7 Å². The second-order valence-corrected chi connectivity index (χ2v) is 9.78. The highest BCUT2D eigenvalue weighted by Crippen LogP contribution is 2.39. The van der Waals surface area contributed by atoms with Gasteiger partial charge in [0.15, 0.2) is 0 Å². The predicted octanol–water partition coefficient (Wildman–Crippen LogP) is 9.31. The number of aromatic nitrogens is 2. The number of hydrogen-bond donors (Lipinski definition) is 0. The molecule has 4 aromatic carbocycles. The van der Waals surface area contributed by atoms with Crippen molar-refractivity contribution in [3.8, 4) is 22.8 Å². The molecule has 196 valence electrons. The largest absolute Gasteiger partial charge is 0.457 e. The van der Waals surface area contributed by atoms with E-state index in [-0.39, 0.29) is 17.1 Å². The van der Waals surface area contributed by atoms with Crippen molar-refractivity contribution in [3.05, 3.63) is 118 Å². The third kappa shape index (κ3) is 5.02. The van der Waals surface area contributed by atoms with Gasteiger partial charge in [-0.25, -0.2) is 4.39 Å². The van der Waals surface area contributed by atoms with Crippen LogP contribution in [-0.2, 0) is 19.1 Å². The Morgan fingerprint density at radius 2 is 1.74 bits per heavy atom. The number of hydrogen-bond acceptors (Lipinski definition) is 2. The molecule has 1 aromatic heterocycles. The SMILES string of the molecule is Fc1ccc(Cn2nc3c(C(F)(F)F)cccc3c2-c2cccc(Oc3ccc4c(c3)CCC=C4)c2)c(Cl)c1. The molecule has 39 heavy (non-hydrogen) atoms. The lowest BCUT2D eigenvalue weighted by Gasteiger charge is -2.14. The van der Waals surface area contributed by atoms with E-state index in [0.717, 1.165) is 24.5 Å². The Hall–Kier alpha value is -4.10. The number of allylic oxidation sites excluding steroid dienone is 1. The van der Waals surface area contributed by atoms with Crippen LogP contribution in [0.5, 0.6) is 11.5 Å². The van der Waals surface area contributed by atoms with Gasteiger partial charge in [-0.3, -0.25) is 4.68 Å². The monoisotopic (exact) mass is 548 g/mol. The zero-order valence-electron chi connectivity index (χ0n) is 20.5. The van der Waals surface area contributed by atoms with Crippen molar-refractivity contribution in [1.82, 2.24) is 9.78 Å². The first-order chi connectivity index (χ1) is 18.8. The first-order valence-corrected chi connectivity index (χ1v) is 12.7. The summed E-state index contributed by atoms with van der Waals surface area (Å²) in [5.74, 6) is 0.709. The molecule has 1 aliphatic rings. The fourth-order valence-corrected chi connectivity index (χ4v) is 5.15. The quantitative estimate of drug-likeness (QED) is 0.205. The summed E-state index contributed by atoms with van der Waals surface area (Å²) < 4.78 is 63.0. The summed E-state index contributed by atoms with van der Waals surface area (Å²) in [5, 5.41) is 4.87. The van der Waals surface area contributed by atoms with E-state index < -0.39 is 17.6 Å². The first kappa shape index (κ1) is 25.2. The van der Waals surface area contributed by atoms with Crippen molar-refractivity contribution in [2.75, 3.05) is 0 Å². The lowest BCUT2D eigenvalue weighted by molar-refractivity contribution is -0.136. The van der Waals surface area contributed by atoms with Gasteiger partial charge in [0.05, 0.1) is 17.8 Å². The Balaban J connectivity index is 1.45. The molecule has 0 saturated heterocycles. The third-order valence-corrected chi connectivity index (χ3v) is 7.10. The number of fused-ring (bicyclic) bond motifs is 2. The molecule has 0 atom stereocenters. The number of ether oxygens (including phenoxy) is 1. The van der Waals surface area contributed by atoms with Gasteiger partial charge in [0, 0.05) is 16.0 Å². The normalized spacial score (nSPS) is 13.1. The van der Waals surface area contributed by atoms with Crippen LogP contribution in [0.15, 0.2) is 84.9 Å². The maximum absolute atomic E-state index is 13.9. The molecule has 1 aliphatic carbocycles. The van der Waals surface area contributed by atoms with Crippen molar-refractivity contribution >= 4 is 28.6 Å². The summed E-state index contributed by atoms with van der Waals surface area (Å²) in [4.78, 5) is 0. The lowest BCUT2D eigenvalue weighted by Crippen LogP contribution is -2.07. The van der Waals surface area contributed by atoms with Gasteiger partial charge in [-0.1, -0.05) is 60.2 Å². The number of benzene rings is 4. The third-order valence-electron chi connectivity index (χ3n) is 6.75. The molecule has 0 spiro atoms. The van der Waals surface area contributed by atoms with Crippen molar-refractivity contribution in [2.24, 2.45) is 0 Å². The first-order valence-electron chi connectivity index (χ1n) is 12.3. The van der Waals surface area contributed by atoms with Gasteiger partial charge in [0.1, 0.15) is 22.8 Å². The summed E-state index contributed by atoms with van der Waals surface area (Å²) in [5.41, 5.74) is 2.97. The standard InChI is InChI=1S/C31H21ClF4N2O/c32-28-17-23(33)13-11-22(28)18-38-30(26-9-4-10-27(29(26)37-38)31(34,35)36)21-7-3-8-24(16-21)39-25-14-12-19-5-1-2-6-20(19)15-25/h1,3-5,7-17H,2,6,18H2. The van der Waals surface area contributed by atoms with Crippen LogP contribution in [-0.4, -0.2) is 9.78 Å². The minimum atomic E-state index is -4.59. The fourth-order valence-electron chi connectivity index (χ4n) is 4.93. The van der Waals surface area contributed by atoms with E-state index in [1.165, 1.54) is 34.5 Å². The Labute approximate surface area is 226 Å². The van der Waals surface area contributed by atoms with E-state index >= 15 is 0 Å². The molecule has 0 saturated carbocycles. The molecule has 0 N–H and O–H groups in total. The molecule has 3 nitrogen and oxygen atoms in total. The molecule has 1 heterocycles. The summed E-state index contributed by atoms with van der Waals surface area (Å²) in [6.45, 7) is 0.0455. The summed E-state index contributed by atoms with van der Waals surface area (Å²) in [6.07, 6.45) is 1.56. The predicted molar refractivity (Wildman–Crippen MR) is 145 cm³/mol. The topological polar surface area (TPSA) is 27.1 Å². The molecule has 5 aromatic rings. The highest BCUT2D eigenvalue weighted by Gasteiger charge is 2.34. The maximum atomic E-state index is 13.9. The maximum Gasteiger partial charge on any atom is 0.418 e. The van der Waals surface area contributed by atoms with E-state index in [1.54, 1.807) is 30.3 Å². The Bertz CT molecular complexity index is 1740. The Morgan fingerprint density at radius 3 is 2.56 bits per heavy atom. The smallest absolute Gasteiger partial charge is 0.418 e. The number of alkyl halides is 3. The van der Waals surface area contributed by atoms with E-state index in [1.807, 2.05) is 18.2 Å². The van der Waals surface area contributed by atoms with Gasteiger partial charge < -0.3 is 4.74 Å². The van der Waals surface area contributed by atoms with Crippen LogP contribution in [0.2, 0.25) is 5.02 Å². The average molecular weight is 549 g/mol. The van der Waals surface area contributed by atoms with Crippen LogP contribution in [0.25, 0.3) is 28.2 Å². The van der Waals surface area contributed by atoms with Gasteiger partial charge in [-0.05, 0) is 72.0 Å². The lowest BCUT2D eigenvalue weighted by atomic mass is 9.97. The van der Waals surface area contributed by atoms with Crippen LogP contribution < -0.4 is 4.74 Å². The number of halogens is 5. The second kappa shape index (κ2) is 9.89. The molecule has 0 radical (unpaired) electrons. The highest BCUT2D eigenvalue weighted by atomic mass is 35.5. The zero-order valence-corrected chi connectivity index (χ0v) is 21.2. The summed E-state index contributed by atoms with van der Waals surface area (Å²) in [6, 6.07) is 21.0. The van der Waals surface area contributed by atoms with Gasteiger partial charge >= 0.3 is 6.18 Å². The number of nitrogens with zero attached hydrogens (tertiary/aromatic N) is 2. The summed E-state index contributed by atoms with van der Waals surface area (Å²) in [7, 11) is 0. The Morgan fingerprint density at radius 1 is 0.923 bits per heavy atom. The molecule has 8 heteroatoms. The van der Waals surface area contributed by atoms with Gasteiger partial charge in [-0.15, -0.1) is 0 Å². The van der Waals surface area contributed by atoms with Gasteiger partial charge in [0.25, 0.3) is 0 Å². The molecular weight excluding hydrogens is 528 g/mol. The van der Waals surface area contributed by atoms with Crippen LogP contribution in [0.4, 0.5) is 17.6 Å². The van der Waals surface area contributed by atoms with Gasteiger partial charge in [0.2, 0.25) is 0 Å². The summed E-state index contributed by atoms with van der Waals surface area (Å²) >= 11 is 6.26. The van der Waals surface area contributed by atoms with Crippen molar-refractivity contribution in [2.45, 2.75) is 25.6 Å². The van der Waals surface area contributed by atoms with Gasteiger partial charge in [-0.2, -0.15) is 18.3 Å². The van der Waals surface area contributed by atoms with Crippen LogP contribution in [0.3, 0.4) is 0 Å². The number of aryl methyl sites for hydroxylation is 1. The number of rotatable bonds is 5. The van der Waals surface area contributed by atoms with E-state index in [4.69, 9.17) is 16.3 Å². The van der Waals surface area contributed by atoms with Crippen molar-refractivity contribution < 1.29 is 22.3 Å². The molecule has 0 unspecified atom stereocenters. The van der Waals surface area contributed by atoms with E-state index in [9.17, 15) is 17.6 Å².